The molecule has 0 heterocycles. The van der Waals surface area contributed by atoms with Gasteiger partial charge in [-0.1, -0.05) is 17.7 Å². The predicted octanol–water partition coefficient (Wildman–Crippen LogP) is 6.60. The van der Waals surface area contributed by atoms with Crippen LogP contribution in [0.25, 0.3) is 0 Å². The van der Waals surface area contributed by atoms with E-state index in [-0.39, 0.29) is 5.91 Å². The molecule has 0 aliphatic carbocycles. The molecular formula is C24H24ClNO3S. The van der Waals surface area contributed by atoms with Crippen LogP contribution >= 0.6 is 23.4 Å². The average molecular weight is 442 g/mol. The smallest absolute Gasteiger partial charge is 0.255 e. The van der Waals surface area contributed by atoms with Gasteiger partial charge in [0.25, 0.3) is 5.91 Å². The molecule has 0 atom stereocenters. The van der Waals surface area contributed by atoms with Crippen molar-refractivity contribution in [3.05, 3.63) is 82.4 Å². The van der Waals surface area contributed by atoms with E-state index in [2.05, 4.69) is 5.32 Å². The minimum absolute atomic E-state index is 0.195. The van der Waals surface area contributed by atoms with Crippen LogP contribution in [0.2, 0.25) is 5.02 Å². The number of nitrogens with one attached hydrogen (secondary N) is 1. The molecule has 156 valence electrons. The Morgan fingerprint density at radius 3 is 2.47 bits per heavy atom. The van der Waals surface area contributed by atoms with Gasteiger partial charge in [0.1, 0.15) is 11.5 Å². The third kappa shape index (κ3) is 5.71. The zero-order valence-corrected chi connectivity index (χ0v) is 18.8. The van der Waals surface area contributed by atoms with Crippen molar-refractivity contribution >= 4 is 35.0 Å². The highest BCUT2D eigenvalue weighted by molar-refractivity contribution is 7.98. The van der Waals surface area contributed by atoms with Crippen molar-refractivity contribution in [2.45, 2.75) is 24.5 Å². The Balaban J connectivity index is 1.81. The summed E-state index contributed by atoms with van der Waals surface area (Å²) in [7, 11) is 1.59. The second-order valence-corrected chi connectivity index (χ2v) is 8.14. The minimum atomic E-state index is -0.195. The first kappa shape index (κ1) is 22.1. The van der Waals surface area contributed by atoms with Crippen LogP contribution in [0.5, 0.6) is 11.5 Å². The summed E-state index contributed by atoms with van der Waals surface area (Å²) in [6.45, 7) is 4.48. The van der Waals surface area contributed by atoms with E-state index in [1.807, 2.05) is 68.4 Å². The first-order chi connectivity index (χ1) is 14.5. The molecule has 3 rings (SSSR count). The third-order valence-electron chi connectivity index (χ3n) is 4.43. The number of aryl methyl sites for hydroxylation is 1. The Morgan fingerprint density at radius 2 is 1.77 bits per heavy atom. The summed E-state index contributed by atoms with van der Waals surface area (Å²) in [4.78, 5) is 14.0. The third-order valence-corrected chi connectivity index (χ3v) is 5.75. The van der Waals surface area contributed by atoms with Crippen molar-refractivity contribution in [1.82, 2.24) is 0 Å². The van der Waals surface area contributed by atoms with E-state index < -0.39 is 0 Å². The van der Waals surface area contributed by atoms with Crippen molar-refractivity contribution in [2.24, 2.45) is 0 Å². The van der Waals surface area contributed by atoms with E-state index in [0.29, 0.717) is 34.4 Å². The van der Waals surface area contributed by atoms with Crippen molar-refractivity contribution in [3.8, 4) is 11.5 Å². The van der Waals surface area contributed by atoms with Crippen LogP contribution in [0.3, 0.4) is 0 Å². The molecule has 0 fully saturated rings. The molecule has 0 spiro atoms. The number of thioether (sulfide) groups is 1. The molecule has 3 aromatic carbocycles. The number of rotatable bonds is 8. The van der Waals surface area contributed by atoms with Gasteiger partial charge in [0.2, 0.25) is 0 Å². The number of anilines is 1. The highest BCUT2D eigenvalue weighted by Gasteiger charge is 2.13. The van der Waals surface area contributed by atoms with Crippen molar-refractivity contribution in [1.29, 1.82) is 0 Å². The summed E-state index contributed by atoms with van der Waals surface area (Å²) in [5, 5.41) is 3.66. The van der Waals surface area contributed by atoms with E-state index in [1.165, 1.54) is 0 Å². The van der Waals surface area contributed by atoms with Gasteiger partial charge in [0.15, 0.2) is 0 Å². The van der Waals surface area contributed by atoms with Gasteiger partial charge in [0, 0.05) is 26.8 Å². The van der Waals surface area contributed by atoms with Gasteiger partial charge in [-0.25, -0.2) is 0 Å². The zero-order chi connectivity index (χ0) is 21.5. The van der Waals surface area contributed by atoms with Crippen LogP contribution in [-0.2, 0) is 5.75 Å². The number of methoxy groups -OCH3 is 1. The molecule has 0 saturated carbocycles. The Morgan fingerprint density at radius 1 is 1.03 bits per heavy atom. The van der Waals surface area contributed by atoms with Crippen LogP contribution in [0.4, 0.5) is 5.69 Å². The summed E-state index contributed by atoms with van der Waals surface area (Å²) in [6, 6.07) is 18.9. The Bertz CT molecular complexity index is 1020. The summed E-state index contributed by atoms with van der Waals surface area (Å²) in [5.74, 6) is 1.88. The van der Waals surface area contributed by atoms with Crippen LogP contribution in [0.15, 0.2) is 65.6 Å². The van der Waals surface area contributed by atoms with Gasteiger partial charge in [-0.05, 0) is 74.0 Å². The average Bonchev–Trinajstić information content (AvgIpc) is 2.74. The van der Waals surface area contributed by atoms with E-state index in [4.69, 9.17) is 21.1 Å². The molecule has 30 heavy (non-hydrogen) atoms. The largest absolute Gasteiger partial charge is 0.495 e. The summed E-state index contributed by atoms with van der Waals surface area (Å²) < 4.78 is 11.1. The van der Waals surface area contributed by atoms with Crippen LogP contribution in [-0.4, -0.2) is 19.6 Å². The second-order valence-electron chi connectivity index (χ2n) is 6.66. The molecule has 3 aromatic rings. The predicted molar refractivity (Wildman–Crippen MR) is 124 cm³/mol. The van der Waals surface area contributed by atoms with Gasteiger partial charge in [-0.3, -0.25) is 4.79 Å². The van der Waals surface area contributed by atoms with Gasteiger partial charge in [-0.15, -0.1) is 11.8 Å². The molecule has 0 radical (unpaired) electrons. The molecule has 0 aliphatic rings. The van der Waals surface area contributed by atoms with Gasteiger partial charge in [-0.2, -0.15) is 0 Å². The number of hydrogen-bond acceptors (Lipinski definition) is 4. The Kier molecular flexibility index (Phi) is 7.66. The van der Waals surface area contributed by atoms with Crippen LogP contribution in [0.1, 0.15) is 28.4 Å². The lowest BCUT2D eigenvalue weighted by Gasteiger charge is -2.14. The monoisotopic (exact) mass is 441 g/mol. The fourth-order valence-electron chi connectivity index (χ4n) is 2.94. The van der Waals surface area contributed by atoms with Gasteiger partial charge < -0.3 is 14.8 Å². The summed E-state index contributed by atoms with van der Waals surface area (Å²) in [6.07, 6.45) is 0. The van der Waals surface area contributed by atoms with Crippen molar-refractivity contribution in [3.63, 3.8) is 0 Å². The molecule has 0 aromatic heterocycles. The first-order valence-corrected chi connectivity index (χ1v) is 11.0. The van der Waals surface area contributed by atoms with E-state index in [9.17, 15) is 4.79 Å². The molecule has 6 heteroatoms. The molecule has 1 amide bonds. The maximum atomic E-state index is 12.9. The van der Waals surface area contributed by atoms with Crippen molar-refractivity contribution in [2.75, 3.05) is 19.0 Å². The molecule has 0 saturated heterocycles. The van der Waals surface area contributed by atoms with Crippen molar-refractivity contribution < 1.29 is 14.3 Å². The highest BCUT2D eigenvalue weighted by atomic mass is 35.5. The number of halogens is 1. The lowest BCUT2D eigenvalue weighted by atomic mass is 10.1. The van der Waals surface area contributed by atoms with Gasteiger partial charge >= 0.3 is 0 Å². The molecule has 1 N–H and O–H groups in total. The number of hydrogen-bond donors (Lipinski definition) is 1. The zero-order valence-electron chi connectivity index (χ0n) is 17.2. The van der Waals surface area contributed by atoms with E-state index in [1.54, 1.807) is 24.9 Å². The summed E-state index contributed by atoms with van der Waals surface area (Å²) >= 11 is 7.63. The molecule has 0 bridgehead atoms. The number of ether oxygens (including phenoxy) is 2. The van der Waals surface area contributed by atoms with Gasteiger partial charge in [0.05, 0.1) is 19.4 Å². The lowest BCUT2D eigenvalue weighted by molar-refractivity contribution is 0.102. The second kappa shape index (κ2) is 10.4. The number of amides is 1. The number of carbonyl (C=O) groups is 1. The summed E-state index contributed by atoms with van der Waals surface area (Å²) in [5.41, 5.74) is 3.21. The lowest BCUT2D eigenvalue weighted by Crippen LogP contribution is -2.13. The highest BCUT2D eigenvalue weighted by Crippen LogP contribution is 2.31. The fraction of sp³-hybridized carbons (Fsp3) is 0.208. The quantitative estimate of drug-likeness (QED) is 0.400. The molecule has 0 aliphatic heterocycles. The Hall–Kier alpha value is -2.63. The maximum absolute atomic E-state index is 12.9. The minimum Gasteiger partial charge on any atom is -0.495 e. The van der Waals surface area contributed by atoms with E-state index >= 15 is 0 Å². The van der Waals surface area contributed by atoms with Crippen LogP contribution in [0, 0.1) is 6.92 Å². The molecule has 4 nitrogen and oxygen atoms in total. The topological polar surface area (TPSA) is 47.6 Å². The van der Waals surface area contributed by atoms with E-state index in [0.717, 1.165) is 21.8 Å². The normalized spacial score (nSPS) is 10.5. The SMILES string of the molecule is CCOc1ccc(C(=O)Nc2cc(C)ccc2OC)cc1CSc1ccc(Cl)cc1. The maximum Gasteiger partial charge on any atom is 0.255 e. The first-order valence-electron chi connectivity index (χ1n) is 9.60. The fourth-order valence-corrected chi connectivity index (χ4v) is 3.94. The van der Waals surface area contributed by atoms with Crippen LogP contribution < -0.4 is 14.8 Å². The molecule has 0 unspecified atom stereocenters. The number of benzene rings is 3. The number of carbonyl (C=O) groups excluding carboxylic acids is 1. The molecular weight excluding hydrogens is 418 g/mol. The standard InChI is InChI=1S/C24H24ClNO3S/c1-4-29-22-12-6-17(14-18(22)15-30-20-9-7-19(25)8-10-20)24(27)26-21-13-16(2)5-11-23(21)28-3/h5-14H,4,15H2,1-3H3,(H,26,27). The Labute approximate surface area is 186 Å².